The van der Waals surface area contributed by atoms with Crippen molar-refractivity contribution in [3.63, 3.8) is 0 Å². The molecule has 0 saturated carbocycles. The number of benzene rings is 2. The smallest absolute Gasteiger partial charge is 0.225 e. The molecule has 0 fully saturated rings. The number of rotatable bonds is 5. The van der Waals surface area contributed by atoms with Crippen LogP contribution in [0.15, 0.2) is 54.6 Å². The Morgan fingerprint density at radius 3 is 2.53 bits per heavy atom. The SMILES string of the molecule is O=C(CCS)Nc1cccc(Oc2ccccc2)c1. The zero-order valence-electron chi connectivity index (χ0n) is 10.4. The average Bonchev–Trinajstić information content (AvgIpc) is 2.40. The molecule has 0 radical (unpaired) electrons. The second kappa shape index (κ2) is 6.85. The Bertz CT molecular complexity index is 543. The van der Waals surface area contributed by atoms with Crippen molar-refractivity contribution in [2.75, 3.05) is 11.1 Å². The van der Waals surface area contributed by atoms with Gasteiger partial charge in [-0.1, -0.05) is 24.3 Å². The molecule has 0 spiro atoms. The first kappa shape index (κ1) is 13.5. The van der Waals surface area contributed by atoms with Crippen LogP contribution in [0, 0.1) is 0 Å². The van der Waals surface area contributed by atoms with Gasteiger partial charge in [0.1, 0.15) is 11.5 Å². The van der Waals surface area contributed by atoms with Crippen LogP contribution in [0.1, 0.15) is 6.42 Å². The van der Waals surface area contributed by atoms with Gasteiger partial charge < -0.3 is 10.1 Å². The van der Waals surface area contributed by atoms with Crippen molar-refractivity contribution in [1.29, 1.82) is 0 Å². The van der Waals surface area contributed by atoms with Crippen molar-refractivity contribution in [1.82, 2.24) is 0 Å². The van der Waals surface area contributed by atoms with Gasteiger partial charge in [0.25, 0.3) is 0 Å². The predicted octanol–water partition coefficient (Wildman–Crippen LogP) is 3.74. The number of para-hydroxylation sites is 1. The quantitative estimate of drug-likeness (QED) is 0.814. The lowest BCUT2D eigenvalue weighted by molar-refractivity contribution is -0.115. The fourth-order valence-electron chi connectivity index (χ4n) is 1.59. The molecule has 98 valence electrons. The average molecular weight is 273 g/mol. The van der Waals surface area contributed by atoms with Crippen LogP contribution < -0.4 is 10.1 Å². The van der Waals surface area contributed by atoms with Gasteiger partial charge in [0.2, 0.25) is 5.91 Å². The number of ether oxygens (including phenoxy) is 1. The van der Waals surface area contributed by atoms with E-state index in [1.165, 1.54) is 0 Å². The number of carbonyl (C=O) groups is 1. The zero-order chi connectivity index (χ0) is 13.5. The molecular weight excluding hydrogens is 258 g/mol. The topological polar surface area (TPSA) is 38.3 Å². The molecule has 0 bridgehead atoms. The normalized spacial score (nSPS) is 9.95. The summed E-state index contributed by atoms with van der Waals surface area (Å²) in [4.78, 5) is 11.5. The maximum atomic E-state index is 11.5. The molecule has 1 amide bonds. The van der Waals surface area contributed by atoms with Crippen molar-refractivity contribution in [3.05, 3.63) is 54.6 Å². The minimum absolute atomic E-state index is 0.0492. The van der Waals surface area contributed by atoms with Gasteiger partial charge in [-0.05, 0) is 30.0 Å². The molecule has 0 aliphatic carbocycles. The Kier molecular flexibility index (Phi) is 4.86. The molecule has 0 saturated heterocycles. The molecule has 3 nitrogen and oxygen atoms in total. The van der Waals surface area contributed by atoms with Gasteiger partial charge >= 0.3 is 0 Å². The van der Waals surface area contributed by atoms with Crippen molar-refractivity contribution in [3.8, 4) is 11.5 Å². The van der Waals surface area contributed by atoms with Crippen LogP contribution in [-0.4, -0.2) is 11.7 Å². The van der Waals surface area contributed by atoms with E-state index in [4.69, 9.17) is 4.74 Å². The molecule has 19 heavy (non-hydrogen) atoms. The lowest BCUT2D eigenvalue weighted by Gasteiger charge is -2.08. The van der Waals surface area contributed by atoms with Gasteiger partial charge in [0.15, 0.2) is 0 Å². The van der Waals surface area contributed by atoms with E-state index in [2.05, 4.69) is 17.9 Å². The summed E-state index contributed by atoms with van der Waals surface area (Å²) in [6.45, 7) is 0. The summed E-state index contributed by atoms with van der Waals surface area (Å²) in [6, 6.07) is 16.8. The molecule has 0 aliphatic rings. The summed E-state index contributed by atoms with van der Waals surface area (Å²) in [5.74, 6) is 1.94. The lowest BCUT2D eigenvalue weighted by Crippen LogP contribution is -2.11. The van der Waals surface area contributed by atoms with Crippen LogP contribution in [-0.2, 0) is 4.79 Å². The molecule has 0 aromatic heterocycles. The summed E-state index contributed by atoms with van der Waals surface area (Å²) in [5.41, 5.74) is 0.722. The molecule has 0 unspecified atom stereocenters. The molecule has 2 aromatic carbocycles. The highest BCUT2D eigenvalue weighted by molar-refractivity contribution is 7.80. The van der Waals surface area contributed by atoms with Gasteiger partial charge in [0, 0.05) is 18.2 Å². The van der Waals surface area contributed by atoms with Gasteiger partial charge in [-0.3, -0.25) is 4.79 Å². The minimum atomic E-state index is -0.0492. The molecule has 0 atom stereocenters. The molecule has 0 heterocycles. The second-order valence-corrected chi connectivity index (χ2v) is 4.41. The number of hydrogen-bond donors (Lipinski definition) is 2. The Morgan fingerprint density at radius 2 is 1.79 bits per heavy atom. The molecule has 1 N–H and O–H groups in total. The van der Waals surface area contributed by atoms with Crippen LogP contribution in [0.2, 0.25) is 0 Å². The Hall–Kier alpha value is -1.94. The Morgan fingerprint density at radius 1 is 1.05 bits per heavy atom. The number of thiol groups is 1. The summed E-state index contributed by atoms with van der Waals surface area (Å²) >= 11 is 4.03. The summed E-state index contributed by atoms with van der Waals surface area (Å²) in [7, 11) is 0. The summed E-state index contributed by atoms with van der Waals surface area (Å²) in [5, 5.41) is 2.80. The van der Waals surface area contributed by atoms with Crippen molar-refractivity contribution in [2.45, 2.75) is 6.42 Å². The van der Waals surface area contributed by atoms with Crippen LogP contribution in [0.25, 0.3) is 0 Å². The van der Waals surface area contributed by atoms with E-state index in [0.717, 1.165) is 11.4 Å². The van der Waals surface area contributed by atoms with Crippen LogP contribution in [0.4, 0.5) is 5.69 Å². The maximum absolute atomic E-state index is 11.5. The fourth-order valence-corrected chi connectivity index (χ4v) is 1.79. The first-order valence-electron chi connectivity index (χ1n) is 6.01. The van der Waals surface area contributed by atoms with E-state index in [-0.39, 0.29) is 5.91 Å². The highest BCUT2D eigenvalue weighted by atomic mass is 32.1. The second-order valence-electron chi connectivity index (χ2n) is 3.96. The lowest BCUT2D eigenvalue weighted by atomic mass is 10.3. The largest absolute Gasteiger partial charge is 0.457 e. The first-order valence-corrected chi connectivity index (χ1v) is 6.65. The third kappa shape index (κ3) is 4.34. The number of nitrogens with one attached hydrogen (secondary N) is 1. The Balaban J connectivity index is 2.05. The highest BCUT2D eigenvalue weighted by Gasteiger charge is 2.02. The number of hydrogen-bond acceptors (Lipinski definition) is 3. The number of amides is 1. The van der Waals surface area contributed by atoms with Gasteiger partial charge in [-0.2, -0.15) is 12.6 Å². The van der Waals surface area contributed by atoms with E-state index in [0.29, 0.717) is 17.9 Å². The third-order valence-electron chi connectivity index (χ3n) is 2.44. The van der Waals surface area contributed by atoms with E-state index < -0.39 is 0 Å². The van der Waals surface area contributed by atoms with Crippen molar-refractivity contribution in [2.24, 2.45) is 0 Å². The minimum Gasteiger partial charge on any atom is -0.457 e. The fraction of sp³-hybridized carbons (Fsp3) is 0.133. The Labute approximate surface area is 118 Å². The monoisotopic (exact) mass is 273 g/mol. The summed E-state index contributed by atoms with van der Waals surface area (Å²) in [6.07, 6.45) is 0.396. The summed E-state index contributed by atoms with van der Waals surface area (Å²) < 4.78 is 5.69. The van der Waals surface area contributed by atoms with Crippen molar-refractivity contribution >= 4 is 24.2 Å². The van der Waals surface area contributed by atoms with Gasteiger partial charge in [-0.25, -0.2) is 0 Å². The molecule has 2 aromatic rings. The molecule has 4 heteroatoms. The number of anilines is 1. The molecule has 2 rings (SSSR count). The standard InChI is InChI=1S/C15H15NO2S/c17-15(9-10-19)16-12-5-4-8-14(11-12)18-13-6-2-1-3-7-13/h1-8,11,19H,9-10H2,(H,16,17). The third-order valence-corrected chi connectivity index (χ3v) is 2.66. The highest BCUT2D eigenvalue weighted by Crippen LogP contribution is 2.23. The van der Waals surface area contributed by atoms with Gasteiger partial charge in [-0.15, -0.1) is 0 Å². The van der Waals surface area contributed by atoms with Gasteiger partial charge in [0.05, 0.1) is 0 Å². The maximum Gasteiger partial charge on any atom is 0.225 e. The first-order chi connectivity index (χ1) is 9.28. The van der Waals surface area contributed by atoms with Crippen LogP contribution in [0.5, 0.6) is 11.5 Å². The predicted molar refractivity (Wildman–Crippen MR) is 80.1 cm³/mol. The van der Waals surface area contributed by atoms with E-state index in [9.17, 15) is 4.79 Å². The van der Waals surface area contributed by atoms with E-state index in [1.807, 2.05) is 48.5 Å². The molecule has 0 aliphatic heterocycles. The zero-order valence-corrected chi connectivity index (χ0v) is 11.3. The van der Waals surface area contributed by atoms with Crippen LogP contribution in [0.3, 0.4) is 0 Å². The van der Waals surface area contributed by atoms with Crippen molar-refractivity contribution < 1.29 is 9.53 Å². The van der Waals surface area contributed by atoms with E-state index >= 15 is 0 Å². The number of carbonyl (C=O) groups excluding carboxylic acids is 1. The van der Waals surface area contributed by atoms with Crippen LogP contribution >= 0.6 is 12.6 Å². The molecular formula is C15H15NO2S. The van der Waals surface area contributed by atoms with E-state index in [1.54, 1.807) is 6.07 Å².